The minimum atomic E-state index is 0. The summed E-state index contributed by atoms with van der Waals surface area (Å²) in [6.07, 6.45) is 5.05. The first-order valence-electron chi connectivity index (χ1n) is 9.76. The van der Waals surface area contributed by atoms with Crippen LogP contribution in [0.1, 0.15) is 0 Å². The maximum absolute atomic E-state index is 11.3. The van der Waals surface area contributed by atoms with E-state index in [0.717, 1.165) is 0 Å². The van der Waals surface area contributed by atoms with Crippen molar-refractivity contribution in [2.24, 2.45) is 0 Å². The second-order valence-corrected chi connectivity index (χ2v) is 7.69. The quantitative estimate of drug-likeness (QED) is 0.0867. The summed E-state index contributed by atoms with van der Waals surface area (Å²) in [5.41, 5.74) is 7.99. The number of aromatic amines is 1. The molecule has 1 aromatic carbocycles. The Balaban J connectivity index is 0.00000324. The molecule has 0 amide bonds. The second-order valence-electron chi connectivity index (χ2n) is 6.85. The largest absolute Gasteiger partial charge is 0.619 e. The van der Waals surface area contributed by atoms with E-state index in [-0.39, 0.29) is 23.9 Å². The van der Waals surface area contributed by atoms with Gasteiger partial charge in [0.05, 0.1) is 16.3 Å². The van der Waals surface area contributed by atoms with E-state index in [2.05, 4.69) is 42.3 Å². The molecule has 0 aliphatic rings. The molecule has 3 aromatic heterocycles. The zero-order valence-electron chi connectivity index (χ0n) is 17.6. The lowest BCUT2D eigenvalue weighted by atomic mass is 10.1. The number of imidazole rings is 1. The molecule has 0 fully saturated rings. The van der Waals surface area contributed by atoms with Gasteiger partial charge in [-0.05, 0) is 24.3 Å². The average molecular weight is 521 g/mol. The van der Waals surface area contributed by atoms with E-state index < -0.39 is 0 Å². The third-order valence-corrected chi connectivity index (χ3v) is 5.16. The topological polar surface area (TPSA) is 144 Å². The van der Waals surface area contributed by atoms with Crippen molar-refractivity contribution in [3.8, 4) is 22.6 Å². The van der Waals surface area contributed by atoms with E-state index in [9.17, 15) is 5.21 Å². The van der Waals surface area contributed by atoms with E-state index in [1.807, 2.05) is 0 Å². The molecule has 5 N–H and O–H groups in total. The molecular formula is C21H20Cl3N9O. The number of anilines is 3. The summed E-state index contributed by atoms with van der Waals surface area (Å²) in [6.45, 7) is 4.25. The van der Waals surface area contributed by atoms with Gasteiger partial charge in [0.15, 0.2) is 5.82 Å². The van der Waals surface area contributed by atoms with Crippen molar-refractivity contribution in [2.75, 3.05) is 29.5 Å². The molecule has 3 heterocycles. The molecule has 4 aromatic rings. The minimum absolute atomic E-state index is 0. The van der Waals surface area contributed by atoms with Crippen LogP contribution in [0.3, 0.4) is 0 Å². The van der Waals surface area contributed by atoms with Gasteiger partial charge in [0, 0.05) is 48.3 Å². The zero-order valence-corrected chi connectivity index (χ0v) is 20.0. The third-order valence-electron chi connectivity index (χ3n) is 4.61. The van der Waals surface area contributed by atoms with Gasteiger partial charge in [-0.1, -0.05) is 23.2 Å². The van der Waals surface area contributed by atoms with Gasteiger partial charge in [0.2, 0.25) is 5.95 Å². The Kier molecular flexibility index (Phi) is 8.11. The number of nitrogen functional groups attached to an aromatic ring is 1. The molecule has 0 bridgehead atoms. The number of hydrogen-bond acceptors (Lipinski definition) is 8. The number of rotatable bonds is 8. The molecule has 10 nitrogen and oxygen atoms in total. The van der Waals surface area contributed by atoms with Gasteiger partial charge < -0.3 is 26.6 Å². The van der Waals surface area contributed by atoms with Crippen molar-refractivity contribution in [1.82, 2.24) is 24.9 Å². The molecule has 0 aliphatic heterocycles. The highest BCUT2D eigenvalue weighted by atomic mass is 35.5. The number of hydrogen-bond donors (Lipinski definition) is 4. The first-order valence-corrected chi connectivity index (χ1v) is 10.5. The maximum atomic E-state index is 11.3. The van der Waals surface area contributed by atoms with Gasteiger partial charge in [0.25, 0.3) is 5.69 Å². The number of benzene rings is 1. The highest BCUT2D eigenvalue weighted by molar-refractivity contribution is 6.36. The first-order chi connectivity index (χ1) is 15.9. The number of pyridine rings is 1. The fourth-order valence-corrected chi connectivity index (χ4v) is 3.58. The van der Waals surface area contributed by atoms with Gasteiger partial charge in [0.1, 0.15) is 18.4 Å². The number of nitrogens with two attached hydrogens (primary N) is 1. The Morgan fingerprint density at radius 3 is 2.53 bits per heavy atom. The van der Waals surface area contributed by atoms with E-state index in [1.54, 1.807) is 48.9 Å². The summed E-state index contributed by atoms with van der Waals surface area (Å²) in [5, 5.41) is 18.6. The Morgan fingerprint density at radius 1 is 1.06 bits per heavy atom. The molecular weight excluding hydrogens is 501 g/mol. The van der Waals surface area contributed by atoms with Crippen molar-refractivity contribution in [2.45, 2.75) is 0 Å². The average Bonchev–Trinajstić information content (AvgIpc) is 3.31. The van der Waals surface area contributed by atoms with E-state index >= 15 is 0 Å². The summed E-state index contributed by atoms with van der Waals surface area (Å²) >= 11 is 12.5. The highest BCUT2D eigenvalue weighted by Crippen LogP contribution is 2.35. The summed E-state index contributed by atoms with van der Waals surface area (Å²) in [5.74, 6) is 1.66. The lowest BCUT2D eigenvalue weighted by Gasteiger charge is -2.12. The van der Waals surface area contributed by atoms with Crippen molar-refractivity contribution in [3.63, 3.8) is 0 Å². The smallest absolute Gasteiger partial charge is 0.258 e. The lowest BCUT2D eigenvalue weighted by Crippen LogP contribution is -2.16. The van der Waals surface area contributed by atoms with Crippen molar-refractivity contribution in [3.05, 3.63) is 64.2 Å². The molecule has 0 spiro atoms. The molecule has 0 radical (unpaired) electrons. The Labute approximate surface area is 211 Å². The number of H-pyrrole nitrogens is 1. The standard InChI is InChI=1S/C21H19Cl2N9O.ClH/c1-32(33)16-4-5-17(30-19(16)24)25-6-9-28-21-29-11-14(20-26-7-8-27-20)18(31-21)13-3-2-12(22)10-15(13)23;/h2-5,7-8,10-11H,1,6,9H2,(H,26,27)(H3,24,25,30)(H,28,29,31);1H. The molecule has 0 unspecified atom stereocenters. The molecule has 13 heteroatoms. The maximum Gasteiger partial charge on any atom is 0.258 e. The molecule has 0 saturated heterocycles. The van der Waals surface area contributed by atoms with Crippen molar-refractivity contribution < 1.29 is 4.74 Å². The van der Waals surface area contributed by atoms with Gasteiger partial charge in [-0.25, -0.2) is 19.9 Å². The molecule has 4 rings (SSSR count). The van der Waals surface area contributed by atoms with Crippen LogP contribution in [0.2, 0.25) is 10.0 Å². The van der Waals surface area contributed by atoms with Crippen LogP contribution in [0, 0.1) is 5.21 Å². The first kappa shape index (κ1) is 25.0. The zero-order chi connectivity index (χ0) is 23.4. The predicted octanol–water partition coefficient (Wildman–Crippen LogP) is 4.61. The van der Waals surface area contributed by atoms with Gasteiger partial charge in [-0.3, -0.25) is 0 Å². The number of aromatic nitrogens is 5. The number of nitrogens with zero attached hydrogens (tertiary/aromatic N) is 5. The Bertz CT molecular complexity index is 1300. The second kappa shape index (κ2) is 11.0. The van der Waals surface area contributed by atoms with Gasteiger partial charge >= 0.3 is 0 Å². The van der Waals surface area contributed by atoms with E-state index in [4.69, 9.17) is 28.9 Å². The van der Waals surface area contributed by atoms with Crippen LogP contribution >= 0.6 is 35.6 Å². The summed E-state index contributed by atoms with van der Waals surface area (Å²) < 4.78 is 0.419. The van der Waals surface area contributed by atoms with Crippen LogP contribution < -0.4 is 16.4 Å². The molecule has 0 aliphatic carbocycles. The monoisotopic (exact) mass is 519 g/mol. The molecule has 34 heavy (non-hydrogen) atoms. The van der Waals surface area contributed by atoms with Crippen LogP contribution in [0.25, 0.3) is 22.6 Å². The van der Waals surface area contributed by atoms with Gasteiger partial charge in [-0.2, -0.15) is 4.74 Å². The van der Waals surface area contributed by atoms with Crippen LogP contribution in [-0.4, -0.2) is 49.5 Å². The highest BCUT2D eigenvalue weighted by Gasteiger charge is 2.16. The third kappa shape index (κ3) is 5.66. The Hall–Kier alpha value is -3.60. The van der Waals surface area contributed by atoms with Crippen molar-refractivity contribution in [1.29, 1.82) is 0 Å². The van der Waals surface area contributed by atoms with Crippen LogP contribution in [-0.2, 0) is 0 Å². The summed E-state index contributed by atoms with van der Waals surface area (Å²) in [6, 6.07) is 8.42. The molecule has 176 valence electrons. The number of nitrogens with one attached hydrogen (secondary N) is 3. The van der Waals surface area contributed by atoms with E-state index in [0.29, 0.717) is 62.3 Å². The molecule has 0 saturated carbocycles. The van der Waals surface area contributed by atoms with Crippen LogP contribution in [0.15, 0.2) is 48.9 Å². The van der Waals surface area contributed by atoms with E-state index in [1.165, 1.54) is 0 Å². The number of halogens is 3. The SMILES string of the molecule is C=[N+]([O-])c1ccc(NCCNc2ncc(-c3ncc[nH]3)c(-c3ccc(Cl)cc3Cl)n2)nc1N.Cl. The fraction of sp³-hybridized carbons (Fsp3) is 0.0952. The normalized spacial score (nSPS) is 10.4. The summed E-state index contributed by atoms with van der Waals surface area (Å²) in [7, 11) is 0. The minimum Gasteiger partial charge on any atom is -0.619 e. The Morgan fingerprint density at radius 2 is 1.85 bits per heavy atom. The lowest BCUT2D eigenvalue weighted by molar-refractivity contribution is -0.349. The van der Waals surface area contributed by atoms with Crippen molar-refractivity contribution >= 4 is 65.6 Å². The van der Waals surface area contributed by atoms with Crippen LogP contribution in [0.5, 0.6) is 0 Å². The van der Waals surface area contributed by atoms with Gasteiger partial charge in [-0.15, -0.1) is 12.4 Å². The van der Waals surface area contributed by atoms with Crippen LogP contribution in [0.4, 0.5) is 23.3 Å². The fourth-order valence-electron chi connectivity index (χ4n) is 3.08. The predicted molar refractivity (Wildman–Crippen MR) is 138 cm³/mol. The summed E-state index contributed by atoms with van der Waals surface area (Å²) in [4.78, 5) is 20.6. The molecule has 0 atom stereocenters.